The Kier molecular flexibility index (Phi) is 7.17. The topological polar surface area (TPSA) is 55.4 Å². The minimum absolute atomic E-state index is 0.0401. The molecule has 0 spiro atoms. The molecule has 0 aliphatic carbocycles. The zero-order valence-corrected chi connectivity index (χ0v) is 16.7. The third-order valence-corrected chi connectivity index (χ3v) is 4.07. The van der Waals surface area contributed by atoms with E-state index in [-0.39, 0.29) is 11.9 Å². The van der Waals surface area contributed by atoms with Gasteiger partial charge >= 0.3 is 5.97 Å². The van der Waals surface area contributed by atoms with Crippen LogP contribution in [0.3, 0.4) is 0 Å². The summed E-state index contributed by atoms with van der Waals surface area (Å²) in [4.78, 5) is 24.0. The SMILES string of the molecule is Cc1ccc(CCCC(=O)NCc2ccc(C(=O)OC(C)(C)C)cc2)cc1. The van der Waals surface area contributed by atoms with Crippen LogP contribution < -0.4 is 5.32 Å². The van der Waals surface area contributed by atoms with Crippen LogP contribution in [0.4, 0.5) is 0 Å². The highest BCUT2D eigenvalue weighted by Gasteiger charge is 2.17. The van der Waals surface area contributed by atoms with Crippen LogP contribution in [0.15, 0.2) is 48.5 Å². The lowest BCUT2D eigenvalue weighted by molar-refractivity contribution is -0.121. The quantitative estimate of drug-likeness (QED) is 0.728. The number of carbonyl (C=O) groups is 2. The number of aryl methyl sites for hydroxylation is 2. The van der Waals surface area contributed by atoms with E-state index in [1.54, 1.807) is 12.1 Å². The van der Waals surface area contributed by atoms with Gasteiger partial charge in [-0.25, -0.2) is 4.79 Å². The van der Waals surface area contributed by atoms with E-state index in [2.05, 4.69) is 36.5 Å². The van der Waals surface area contributed by atoms with Gasteiger partial charge in [0.05, 0.1) is 5.56 Å². The van der Waals surface area contributed by atoms with Gasteiger partial charge < -0.3 is 10.1 Å². The highest BCUT2D eigenvalue weighted by Crippen LogP contribution is 2.13. The lowest BCUT2D eigenvalue weighted by atomic mass is 10.1. The number of nitrogens with one attached hydrogen (secondary N) is 1. The summed E-state index contributed by atoms with van der Waals surface area (Å²) in [6.07, 6.45) is 2.23. The zero-order valence-electron chi connectivity index (χ0n) is 16.7. The van der Waals surface area contributed by atoms with E-state index in [4.69, 9.17) is 4.74 Å². The van der Waals surface area contributed by atoms with Gasteiger partial charge in [-0.2, -0.15) is 0 Å². The normalized spacial score (nSPS) is 11.1. The molecule has 0 radical (unpaired) electrons. The van der Waals surface area contributed by atoms with Crippen molar-refractivity contribution in [1.29, 1.82) is 0 Å². The van der Waals surface area contributed by atoms with Gasteiger partial charge in [-0.1, -0.05) is 42.0 Å². The molecule has 0 unspecified atom stereocenters. The highest BCUT2D eigenvalue weighted by molar-refractivity contribution is 5.89. The molecule has 144 valence electrons. The Labute approximate surface area is 161 Å². The van der Waals surface area contributed by atoms with Crippen molar-refractivity contribution in [3.05, 3.63) is 70.8 Å². The van der Waals surface area contributed by atoms with Crippen LogP contribution in [0.5, 0.6) is 0 Å². The van der Waals surface area contributed by atoms with E-state index in [1.165, 1.54) is 11.1 Å². The Balaban J connectivity index is 1.73. The second kappa shape index (κ2) is 9.36. The number of hydrogen-bond donors (Lipinski definition) is 1. The summed E-state index contributed by atoms with van der Waals surface area (Å²) in [5.74, 6) is -0.299. The van der Waals surface area contributed by atoms with Gasteiger partial charge in [0.1, 0.15) is 5.60 Å². The largest absolute Gasteiger partial charge is 0.456 e. The molecular weight excluding hydrogens is 338 g/mol. The van der Waals surface area contributed by atoms with Crippen LogP contribution in [0.2, 0.25) is 0 Å². The molecule has 1 N–H and O–H groups in total. The van der Waals surface area contributed by atoms with Gasteiger partial charge in [-0.15, -0.1) is 0 Å². The summed E-state index contributed by atoms with van der Waals surface area (Å²) in [6.45, 7) is 8.05. The minimum atomic E-state index is -0.512. The fraction of sp³-hybridized carbons (Fsp3) is 0.391. The fourth-order valence-corrected chi connectivity index (χ4v) is 2.59. The molecule has 0 saturated heterocycles. The molecule has 0 aliphatic heterocycles. The first-order valence-corrected chi connectivity index (χ1v) is 9.37. The summed E-state index contributed by atoms with van der Waals surface area (Å²) in [5.41, 5.74) is 3.45. The van der Waals surface area contributed by atoms with Crippen molar-refractivity contribution >= 4 is 11.9 Å². The summed E-state index contributed by atoms with van der Waals surface area (Å²) in [7, 11) is 0. The maximum absolute atomic E-state index is 12.0. The molecule has 2 rings (SSSR count). The molecule has 4 heteroatoms. The summed E-state index contributed by atoms with van der Waals surface area (Å²) >= 11 is 0. The van der Waals surface area contributed by atoms with Crippen LogP contribution in [0.1, 0.15) is 60.7 Å². The lowest BCUT2D eigenvalue weighted by Crippen LogP contribution is -2.24. The molecular formula is C23H29NO3. The number of ether oxygens (including phenoxy) is 1. The average molecular weight is 367 g/mol. The number of benzene rings is 2. The van der Waals surface area contributed by atoms with Crippen molar-refractivity contribution in [3.8, 4) is 0 Å². The average Bonchev–Trinajstić information content (AvgIpc) is 2.60. The van der Waals surface area contributed by atoms with E-state index in [0.717, 1.165) is 18.4 Å². The smallest absolute Gasteiger partial charge is 0.338 e. The van der Waals surface area contributed by atoms with Gasteiger partial charge in [0.2, 0.25) is 5.91 Å². The molecule has 2 aromatic carbocycles. The first-order valence-electron chi connectivity index (χ1n) is 9.37. The monoisotopic (exact) mass is 367 g/mol. The van der Waals surface area contributed by atoms with Crippen molar-refractivity contribution in [2.24, 2.45) is 0 Å². The van der Waals surface area contributed by atoms with Crippen molar-refractivity contribution in [2.75, 3.05) is 0 Å². The van der Waals surface area contributed by atoms with E-state index in [9.17, 15) is 9.59 Å². The van der Waals surface area contributed by atoms with Crippen molar-refractivity contribution in [1.82, 2.24) is 5.32 Å². The van der Waals surface area contributed by atoms with E-state index in [1.807, 2.05) is 32.9 Å². The second-order valence-electron chi connectivity index (χ2n) is 7.81. The Morgan fingerprint density at radius 1 is 0.926 bits per heavy atom. The molecule has 0 atom stereocenters. The van der Waals surface area contributed by atoms with Gasteiger partial charge in [0.25, 0.3) is 0 Å². The number of rotatable bonds is 7. The maximum atomic E-state index is 12.0. The third kappa shape index (κ3) is 7.65. The summed E-state index contributed by atoms with van der Waals surface area (Å²) in [5, 5.41) is 2.93. The Morgan fingerprint density at radius 3 is 2.11 bits per heavy atom. The molecule has 0 saturated carbocycles. The molecule has 27 heavy (non-hydrogen) atoms. The van der Waals surface area contributed by atoms with E-state index >= 15 is 0 Å². The molecule has 0 aliphatic rings. The number of carbonyl (C=O) groups excluding carboxylic acids is 2. The summed E-state index contributed by atoms with van der Waals surface area (Å²) in [6, 6.07) is 15.5. The standard InChI is InChI=1S/C23H29NO3/c1-17-8-10-18(11-9-17)6-5-7-21(25)24-16-19-12-14-20(15-13-19)22(26)27-23(2,3)4/h8-15H,5-7,16H2,1-4H3,(H,24,25). The predicted molar refractivity (Wildman–Crippen MR) is 108 cm³/mol. The second-order valence-corrected chi connectivity index (χ2v) is 7.81. The van der Waals surface area contributed by atoms with Crippen LogP contribution in [0.25, 0.3) is 0 Å². The lowest BCUT2D eigenvalue weighted by Gasteiger charge is -2.19. The van der Waals surface area contributed by atoms with Crippen molar-refractivity contribution in [3.63, 3.8) is 0 Å². The van der Waals surface area contributed by atoms with Crippen LogP contribution in [-0.4, -0.2) is 17.5 Å². The van der Waals surface area contributed by atoms with Gasteiger partial charge in [0, 0.05) is 13.0 Å². The van der Waals surface area contributed by atoms with Crippen LogP contribution >= 0.6 is 0 Å². The molecule has 0 aromatic heterocycles. The Morgan fingerprint density at radius 2 is 1.52 bits per heavy atom. The van der Waals surface area contributed by atoms with E-state index < -0.39 is 5.60 Å². The van der Waals surface area contributed by atoms with Gasteiger partial charge in [0.15, 0.2) is 0 Å². The van der Waals surface area contributed by atoms with Crippen LogP contribution in [0, 0.1) is 6.92 Å². The molecule has 0 bridgehead atoms. The number of esters is 1. The third-order valence-electron chi connectivity index (χ3n) is 4.07. The van der Waals surface area contributed by atoms with Crippen molar-refractivity contribution in [2.45, 2.75) is 59.1 Å². The summed E-state index contributed by atoms with van der Waals surface area (Å²) < 4.78 is 5.34. The van der Waals surface area contributed by atoms with E-state index in [0.29, 0.717) is 18.5 Å². The number of amides is 1. The first kappa shape index (κ1) is 20.7. The predicted octanol–water partition coefficient (Wildman–Crippen LogP) is 4.59. The minimum Gasteiger partial charge on any atom is -0.456 e. The fourth-order valence-electron chi connectivity index (χ4n) is 2.59. The van der Waals surface area contributed by atoms with Crippen molar-refractivity contribution < 1.29 is 14.3 Å². The number of hydrogen-bond acceptors (Lipinski definition) is 3. The molecule has 4 nitrogen and oxygen atoms in total. The Bertz CT molecular complexity index is 756. The first-order chi connectivity index (χ1) is 12.7. The van der Waals surface area contributed by atoms with Gasteiger partial charge in [-0.3, -0.25) is 4.79 Å². The maximum Gasteiger partial charge on any atom is 0.338 e. The molecule has 0 fully saturated rings. The van der Waals surface area contributed by atoms with Crippen LogP contribution in [-0.2, 0) is 22.5 Å². The Hall–Kier alpha value is -2.62. The molecule has 0 heterocycles. The molecule has 2 aromatic rings. The molecule has 1 amide bonds. The highest BCUT2D eigenvalue weighted by atomic mass is 16.6. The van der Waals surface area contributed by atoms with Gasteiger partial charge in [-0.05, 0) is 63.8 Å². The zero-order chi connectivity index (χ0) is 19.9.